The van der Waals surface area contributed by atoms with E-state index in [0.29, 0.717) is 0 Å². The molecule has 0 fully saturated rings. The Balaban J connectivity index is 3.74. The number of aldehydes is 1. The average molecular weight is 153 g/mol. The molecule has 0 amide bonds. The third-order valence-electron chi connectivity index (χ3n) is 0.371. The summed E-state index contributed by atoms with van der Waals surface area (Å²) >= 11 is 0. The van der Waals surface area contributed by atoms with Crippen LogP contribution in [0.5, 0.6) is 0 Å². The molecule has 0 spiro atoms. The summed E-state index contributed by atoms with van der Waals surface area (Å²) in [6.07, 6.45) is 0.150. The Hall–Kier alpha value is -0.480. The molecule has 0 saturated heterocycles. The predicted octanol–water partition coefficient (Wildman–Crippen LogP) is -0.630. The van der Waals surface area contributed by atoms with Crippen LogP contribution in [0.25, 0.3) is 0 Å². The van der Waals surface area contributed by atoms with Gasteiger partial charge in [-0.05, 0) is 6.58 Å². The first-order chi connectivity index (χ1) is 3.95. The van der Waals surface area contributed by atoms with Gasteiger partial charge in [-0.3, -0.25) is 9.32 Å². The standard InChI is InChI=1S/C3H6O5P/c1-3(2-4)8-9(5,6)7/h2,5-7H,1H2/q+1. The Kier molecular flexibility index (Phi) is 2.73. The van der Waals surface area contributed by atoms with Gasteiger partial charge < -0.3 is 0 Å². The number of hydrogen-bond donors (Lipinski definition) is 3. The third-order valence-corrected chi connectivity index (χ3v) is 0.851. The van der Waals surface area contributed by atoms with Crippen LogP contribution in [0.3, 0.4) is 0 Å². The molecule has 0 unspecified atom stereocenters. The van der Waals surface area contributed by atoms with E-state index in [1.54, 1.807) is 0 Å². The third kappa shape index (κ3) is 5.39. The van der Waals surface area contributed by atoms with E-state index in [2.05, 4.69) is 11.1 Å². The van der Waals surface area contributed by atoms with Crippen molar-refractivity contribution in [2.45, 2.75) is 0 Å². The van der Waals surface area contributed by atoms with Crippen LogP contribution in [0.15, 0.2) is 12.3 Å². The monoisotopic (exact) mass is 153 g/mol. The zero-order valence-electron chi connectivity index (χ0n) is 4.39. The maximum Gasteiger partial charge on any atom is 0.613 e. The van der Waals surface area contributed by atoms with Gasteiger partial charge in [0.1, 0.15) is 0 Å². The first-order valence-corrected chi connectivity index (χ1v) is 3.43. The van der Waals surface area contributed by atoms with Gasteiger partial charge in [0.15, 0.2) is 6.29 Å². The van der Waals surface area contributed by atoms with Crippen molar-refractivity contribution in [3.63, 3.8) is 0 Å². The first-order valence-electron chi connectivity index (χ1n) is 1.86. The van der Waals surface area contributed by atoms with E-state index in [9.17, 15) is 4.79 Å². The molecule has 0 aromatic heterocycles. The molecule has 52 valence electrons. The minimum atomic E-state index is -4.32. The van der Waals surface area contributed by atoms with Crippen molar-refractivity contribution < 1.29 is 24.0 Å². The average Bonchev–Trinajstić information content (AvgIpc) is 1.62. The van der Waals surface area contributed by atoms with E-state index < -0.39 is 13.9 Å². The highest BCUT2D eigenvalue weighted by Crippen LogP contribution is 2.47. The lowest BCUT2D eigenvalue weighted by molar-refractivity contribution is -0.107. The second kappa shape index (κ2) is 2.89. The summed E-state index contributed by atoms with van der Waals surface area (Å²) in [5.74, 6) is -0.518. The highest BCUT2D eigenvalue weighted by molar-refractivity contribution is 7.53. The molecule has 6 heteroatoms. The fourth-order valence-corrected chi connectivity index (χ4v) is 0.536. The summed E-state index contributed by atoms with van der Waals surface area (Å²) in [7, 11) is -4.32. The number of hydrogen-bond acceptors (Lipinski definition) is 5. The van der Waals surface area contributed by atoms with E-state index in [-0.39, 0.29) is 6.29 Å². The summed E-state index contributed by atoms with van der Waals surface area (Å²) in [6, 6.07) is 0. The Morgan fingerprint density at radius 1 is 1.56 bits per heavy atom. The smallest absolute Gasteiger partial charge is 0.294 e. The van der Waals surface area contributed by atoms with Crippen LogP contribution in [-0.4, -0.2) is 21.0 Å². The van der Waals surface area contributed by atoms with Crippen LogP contribution in [0.2, 0.25) is 0 Å². The van der Waals surface area contributed by atoms with E-state index in [4.69, 9.17) is 14.7 Å². The molecule has 0 radical (unpaired) electrons. The zero-order valence-corrected chi connectivity index (χ0v) is 5.28. The van der Waals surface area contributed by atoms with Crippen molar-refractivity contribution in [2.24, 2.45) is 0 Å². The Labute approximate surface area is 51.9 Å². The van der Waals surface area contributed by atoms with Crippen molar-refractivity contribution in [3.8, 4) is 0 Å². The molecule has 0 rings (SSSR count). The molecule has 9 heavy (non-hydrogen) atoms. The van der Waals surface area contributed by atoms with Crippen molar-refractivity contribution in [1.29, 1.82) is 0 Å². The molecule has 0 aromatic rings. The zero-order chi connectivity index (χ0) is 7.49. The van der Waals surface area contributed by atoms with Crippen LogP contribution < -0.4 is 0 Å². The van der Waals surface area contributed by atoms with Crippen molar-refractivity contribution in [1.82, 2.24) is 0 Å². The van der Waals surface area contributed by atoms with Gasteiger partial charge >= 0.3 is 8.17 Å². The molecule has 0 atom stereocenters. The minimum absolute atomic E-state index is 0.150. The van der Waals surface area contributed by atoms with Gasteiger partial charge in [-0.25, -0.2) is 0 Å². The summed E-state index contributed by atoms with van der Waals surface area (Å²) in [6.45, 7) is 2.92. The van der Waals surface area contributed by atoms with E-state index in [0.717, 1.165) is 0 Å². The van der Waals surface area contributed by atoms with Gasteiger partial charge in [0.25, 0.3) is 0 Å². The minimum Gasteiger partial charge on any atom is -0.294 e. The SMILES string of the molecule is C=C(C=O)O[P+](O)(O)O. The van der Waals surface area contributed by atoms with E-state index in [1.807, 2.05) is 0 Å². The topological polar surface area (TPSA) is 87.0 Å². The highest BCUT2D eigenvalue weighted by atomic mass is 31.2. The summed E-state index contributed by atoms with van der Waals surface area (Å²) in [4.78, 5) is 33.9. The lowest BCUT2D eigenvalue weighted by Crippen LogP contribution is -1.94. The first kappa shape index (κ1) is 8.52. The molecular weight excluding hydrogens is 147 g/mol. The molecule has 0 aliphatic rings. The van der Waals surface area contributed by atoms with Crippen LogP contribution in [-0.2, 0) is 9.32 Å². The molecule has 0 saturated carbocycles. The molecule has 0 heterocycles. The van der Waals surface area contributed by atoms with Gasteiger partial charge in [-0.2, -0.15) is 14.7 Å². The molecule has 5 nitrogen and oxygen atoms in total. The van der Waals surface area contributed by atoms with Gasteiger partial charge in [-0.1, -0.05) is 0 Å². The molecule has 0 aliphatic heterocycles. The fourth-order valence-electron chi connectivity index (χ4n) is 0.179. The number of carbonyl (C=O) groups excluding carboxylic acids is 1. The van der Waals surface area contributed by atoms with Crippen molar-refractivity contribution in [2.75, 3.05) is 0 Å². The fraction of sp³-hybridized carbons (Fsp3) is 0. The molecular formula is C3H6O5P+. The van der Waals surface area contributed by atoms with E-state index >= 15 is 0 Å². The quantitative estimate of drug-likeness (QED) is 0.217. The normalized spacial score (nSPS) is 10.6. The molecule has 3 N–H and O–H groups in total. The maximum atomic E-state index is 9.64. The van der Waals surface area contributed by atoms with Crippen LogP contribution in [0.4, 0.5) is 0 Å². The van der Waals surface area contributed by atoms with Crippen molar-refractivity contribution >= 4 is 14.5 Å². The van der Waals surface area contributed by atoms with Gasteiger partial charge in [0, 0.05) is 0 Å². The summed E-state index contributed by atoms with van der Waals surface area (Å²) in [5, 5.41) is 0. The van der Waals surface area contributed by atoms with E-state index in [1.165, 1.54) is 0 Å². The lowest BCUT2D eigenvalue weighted by Gasteiger charge is -1.99. The number of carbonyl (C=O) groups is 1. The molecule has 0 aromatic carbocycles. The van der Waals surface area contributed by atoms with Crippen LogP contribution in [0, 0.1) is 0 Å². The Bertz CT molecular complexity index is 125. The molecule has 0 aliphatic carbocycles. The highest BCUT2D eigenvalue weighted by Gasteiger charge is 2.34. The Morgan fingerprint density at radius 2 is 2.00 bits per heavy atom. The van der Waals surface area contributed by atoms with Gasteiger partial charge in [-0.15, -0.1) is 0 Å². The van der Waals surface area contributed by atoms with Crippen LogP contribution >= 0.6 is 8.17 Å². The summed E-state index contributed by atoms with van der Waals surface area (Å²) < 4.78 is 3.80. The second-order valence-electron chi connectivity index (χ2n) is 1.19. The molecule has 0 bridgehead atoms. The van der Waals surface area contributed by atoms with Gasteiger partial charge in [0.05, 0.1) is 0 Å². The van der Waals surface area contributed by atoms with Crippen molar-refractivity contribution in [3.05, 3.63) is 12.3 Å². The van der Waals surface area contributed by atoms with Crippen LogP contribution in [0.1, 0.15) is 0 Å². The largest absolute Gasteiger partial charge is 0.613 e. The predicted molar refractivity (Wildman–Crippen MR) is 29.9 cm³/mol. The number of rotatable bonds is 3. The lowest BCUT2D eigenvalue weighted by atomic mass is 10.7. The second-order valence-corrected chi connectivity index (χ2v) is 2.40. The summed E-state index contributed by atoms with van der Waals surface area (Å²) in [5.41, 5.74) is 0. The Morgan fingerprint density at radius 3 is 2.11 bits per heavy atom. The van der Waals surface area contributed by atoms with Gasteiger partial charge in [0.2, 0.25) is 5.76 Å². The maximum absolute atomic E-state index is 9.64. The number of allylic oxidation sites excluding steroid dienone is 1.